The van der Waals surface area contributed by atoms with Crippen LogP contribution in [0.4, 0.5) is 30.7 Å². The molecule has 0 aromatic rings. The van der Waals surface area contributed by atoms with Gasteiger partial charge in [-0.1, -0.05) is 32.1 Å². The molecular formula is C19H27F7O. The van der Waals surface area contributed by atoms with Gasteiger partial charge in [0.1, 0.15) is 30.6 Å². The first-order chi connectivity index (χ1) is 12.7. The van der Waals surface area contributed by atoms with E-state index < -0.39 is 61.8 Å². The van der Waals surface area contributed by atoms with Crippen molar-refractivity contribution < 1.29 is 35.5 Å². The van der Waals surface area contributed by atoms with Crippen molar-refractivity contribution >= 4 is 0 Å². The van der Waals surface area contributed by atoms with Gasteiger partial charge in [0.25, 0.3) is 0 Å². The highest BCUT2D eigenvalue weighted by Crippen LogP contribution is 2.48. The molecule has 0 bridgehead atoms. The van der Waals surface area contributed by atoms with Crippen molar-refractivity contribution in [3.8, 4) is 0 Å². The summed E-state index contributed by atoms with van der Waals surface area (Å²) in [6.07, 6.45) is -13.9. The van der Waals surface area contributed by atoms with Crippen LogP contribution in [-0.4, -0.2) is 43.1 Å². The van der Waals surface area contributed by atoms with Crippen molar-refractivity contribution in [1.29, 1.82) is 0 Å². The Kier molecular flexibility index (Phi) is 6.63. The second-order valence-electron chi connectivity index (χ2n) is 8.44. The molecule has 8 heteroatoms. The average molecular weight is 404 g/mol. The van der Waals surface area contributed by atoms with Crippen LogP contribution in [-0.2, 0) is 4.74 Å². The van der Waals surface area contributed by atoms with Gasteiger partial charge in [0.2, 0.25) is 0 Å². The van der Waals surface area contributed by atoms with Crippen molar-refractivity contribution in [2.45, 2.75) is 101 Å². The van der Waals surface area contributed by atoms with Crippen LogP contribution in [0.15, 0.2) is 0 Å². The molecule has 0 N–H and O–H groups in total. The number of rotatable bonds is 4. The quantitative estimate of drug-likeness (QED) is 0.518. The molecular weight excluding hydrogens is 377 g/mol. The molecule has 3 aliphatic rings. The van der Waals surface area contributed by atoms with Gasteiger partial charge in [0.15, 0.2) is 6.17 Å². The summed E-state index contributed by atoms with van der Waals surface area (Å²) >= 11 is 0. The average Bonchev–Trinajstić information content (AvgIpc) is 2.59. The van der Waals surface area contributed by atoms with E-state index in [1.165, 1.54) is 0 Å². The van der Waals surface area contributed by atoms with Gasteiger partial charge in [-0.2, -0.15) is 8.78 Å². The summed E-state index contributed by atoms with van der Waals surface area (Å²) in [5, 5.41) is 0. The fourth-order valence-electron chi connectivity index (χ4n) is 5.09. The Hall–Kier alpha value is -0.530. The minimum atomic E-state index is -4.19. The third kappa shape index (κ3) is 4.73. The van der Waals surface area contributed by atoms with Gasteiger partial charge in [-0.3, -0.25) is 0 Å². The van der Waals surface area contributed by atoms with Crippen molar-refractivity contribution in [2.24, 2.45) is 17.8 Å². The van der Waals surface area contributed by atoms with Crippen LogP contribution in [0.3, 0.4) is 0 Å². The van der Waals surface area contributed by atoms with Gasteiger partial charge in [-0.25, -0.2) is 22.0 Å². The van der Waals surface area contributed by atoms with E-state index >= 15 is 0 Å². The topological polar surface area (TPSA) is 9.23 Å². The van der Waals surface area contributed by atoms with Crippen LogP contribution >= 0.6 is 0 Å². The van der Waals surface area contributed by atoms with Crippen LogP contribution < -0.4 is 0 Å². The third-order valence-corrected chi connectivity index (χ3v) is 6.53. The van der Waals surface area contributed by atoms with E-state index in [1.807, 2.05) is 0 Å². The maximum absolute atomic E-state index is 14.6. The summed E-state index contributed by atoms with van der Waals surface area (Å²) in [5.41, 5.74) is 0. The van der Waals surface area contributed by atoms with Gasteiger partial charge in [-0.05, 0) is 24.7 Å². The van der Waals surface area contributed by atoms with Crippen molar-refractivity contribution in [1.82, 2.24) is 0 Å². The van der Waals surface area contributed by atoms with E-state index in [0.29, 0.717) is 0 Å². The largest absolute Gasteiger partial charge is 0.364 e. The van der Waals surface area contributed by atoms with Gasteiger partial charge in [-0.15, -0.1) is 0 Å². The fourth-order valence-corrected chi connectivity index (χ4v) is 5.09. The van der Waals surface area contributed by atoms with Gasteiger partial charge < -0.3 is 4.74 Å². The summed E-state index contributed by atoms with van der Waals surface area (Å²) in [6, 6.07) is 0. The molecule has 0 heterocycles. The molecule has 4 atom stereocenters. The SMILES string of the molecule is FC1CC(OC(F)(F)C2C(F)CC(C3CCCCC3)CC2F)CC(F)C1F. The molecule has 0 aliphatic heterocycles. The lowest BCUT2D eigenvalue weighted by molar-refractivity contribution is -0.323. The zero-order valence-corrected chi connectivity index (χ0v) is 15.1. The maximum atomic E-state index is 14.6. The molecule has 0 saturated heterocycles. The molecule has 3 rings (SSSR count). The van der Waals surface area contributed by atoms with Crippen LogP contribution in [0.2, 0.25) is 0 Å². The summed E-state index contributed by atoms with van der Waals surface area (Å²) in [7, 11) is 0. The first-order valence-electron chi connectivity index (χ1n) is 9.95. The summed E-state index contributed by atoms with van der Waals surface area (Å²) < 4.78 is 103. The zero-order chi connectivity index (χ0) is 19.8. The summed E-state index contributed by atoms with van der Waals surface area (Å²) in [6.45, 7) is 0. The van der Waals surface area contributed by atoms with E-state index in [0.717, 1.165) is 32.1 Å². The molecule has 0 aromatic heterocycles. The molecule has 0 aromatic carbocycles. The molecule has 3 saturated carbocycles. The number of ether oxygens (including phenoxy) is 1. The van der Waals surface area contributed by atoms with E-state index in [4.69, 9.17) is 0 Å². The molecule has 0 amide bonds. The molecule has 27 heavy (non-hydrogen) atoms. The number of halogens is 7. The van der Waals surface area contributed by atoms with Crippen LogP contribution in [0.25, 0.3) is 0 Å². The molecule has 158 valence electrons. The van der Waals surface area contributed by atoms with Crippen LogP contribution in [0, 0.1) is 17.8 Å². The minimum Gasteiger partial charge on any atom is -0.317 e. The zero-order valence-electron chi connectivity index (χ0n) is 15.1. The van der Waals surface area contributed by atoms with E-state index in [9.17, 15) is 30.7 Å². The molecule has 1 nitrogen and oxygen atoms in total. The Morgan fingerprint density at radius 2 is 1.15 bits per heavy atom. The molecule has 3 fully saturated rings. The first kappa shape index (κ1) is 21.2. The second-order valence-corrected chi connectivity index (χ2v) is 8.44. The van der Waals surface area contributed by atoms with Gasteiger partial charge in [0, 0.05) is 12.8 Å². The predicted octanol–water partition coefficient (Wildman–Crippen LogP) is 6.06. The number of alkyl halides is 7. The maximum Gasteiger partial charge on any atom is 0.364 e. The van der Waals surface area contributed by atoms with E-state index in [-0.39, 0.29) is 24.7 Å². The number of hydrogen-bond acceptors (Lipinski definition) is 1. The summed E-state index contributed by atoms with van der Waals surface area (Å²) in [4.78, 5) is 0. The normalized spacial score (nSPS) is 45.0. The lowest BCUT2D eigenvalue weighted by atomic mass is 9.69. The minimum absolute atomic E-state index is 0.149. The highest BCUT2D eigenvalue weighted by atomic mass is 19.3. The third-order valence-electron chi connectivity index (χ3n) is 6.53. The first-order valence-corrected chi connectivity index (χ1v) is 9.95. The Morgan fingerprint density at radius 1 is 0.630 bits per heavy atom. The summed E-state index contributed by atoms with van der Waals surface area (Å²) in [5.74, 6) is -2.41. The highest BCUT2D eigenvalue weighted by Gasteiger charge is 2.56. The van der Waals surface area contributed by atoms with Crippen LogP contribution in [0.5, 0.6) is 0 Å². The lowest BCUT2D eigenvalue weighted by Crippen LogP contribution is -2.51. The molecule has 0 radical (unpaired) electrons. The van der Waals surface area contributed by atoms with E-state index in [1.54, 1.807) is 0 Å². The predicted molar refractivity (Wildman–Crippen MR) is 86.3 cm³/mol. The molecule has 4 unspecified atom stereocenters. The van der Waals surface area contributed by atoms with Crippen molar-refractivity contribution in [3.63, 3.8) is 0 Å². The van der Waals surface area contributed by atoms with E-state index in [2.05, 4.69) is 4.74 Å². The van der Waals surface area contributed by atoms with Crippen molar-refractivity contribution in [3.05, 3.63) is 0 Å². The molecule has 3 aliphatic carbocycles. The monoisotopic (exact) mass is 404 g/mol. The van der Waals surface area contributed by atoms with Crippen LogP contribution in [0.1, 0.15) is 57.8 Å². The highest BCUT2D eigenvalue weighted by molar-refractivity contribution is 4.95. The number of hydrogen-bond donors (Lipinski definition) is 0. The van der Waals surface area contributed by atoms with Crippen molar-refractivity contribution in [2.75, 3.05) is 0 Å². The lowest BCUT2D eigenvalue weighted by Gasteiger charge is -2.43. The Morgan fingerprint density at radius 3 is 1.67 bits per heavy atom. The van der Waals surface area contributed by atoms with Gasteiger partial charge >= 0.3 is 6.11 Å². The Balaban J connectivity index is 1.62. The second kappa shape index (κ2) is 8.46. The fraction of sp³-hybridized carbons (Fsp3) is 1.00. The molecule has 0 spiro atoms. The Bertz CT molecular complexity index is 461. The Labute approximate surface area is 155 Å². The standard InChI is InChI=1S/C19H27F7O/c20-13-6-11(10-4-2-1-3-5-10)7-14(21)17(13)19(25,26)27-12-8-15(22)18(24)16(23)9-12/h10-18H,1-9H2. The smallest absolute Gasteiger partial charge is 0.317 e. The van der Waals surface area contributed by atoms with Gasteiger partial charge in [0.05, 0.1) is 6.10 Å².